The number of amides is 2. The third kappa shape index (κ3) is 4.98. The van der Waals surface area contributed by atoms with Crippen molar-refractivity contribution in [3.8, 4) is 0 Å². The third-order valence-corrected chi connectivity index (χ3v) is 3.95. The molecule has 2 rings (SSSR count). The van der Waals surface area contributed by atoms with Crippen molar-refractivity contribution in [1.29, 1.82) is 0 Å². The molecule has 21 heavy (non-hydrogen) atoms. The van der Waals surface area contributed by atoms with Crippen LogP contribution in [-0.2, 0) is 10.0 Å². The molecule has 0 aromatic heterocycles. The molecule has 1 fully saturated rings. The molecule has 1 heterocycles. The van der Waals surface area contributed by atoms with Crippen molar-refractivity contribution in [2.45, 2.75) is 18.9 Å². The van der Waals surface area contributed by atoms with Crippen LogP contribution in [0.15, 0.2) is 24.3 Å². The first-order valence-electron chi connectivity index (χ1n) is 6.62. The summed E-state index contributed by atoms with van der Waals surface area (Å²) in [6.07, 6.45) is 2.53. The van der Waals surface area contributed by atoms with Gasteiger partial charge in [-0.15, -0.1) is 0 Å². The van der Waals surface area contributed by atoms with Gasteiger partial charge in [0.05, 0.1) is 6.26 Å². The number of piperidine rings is 1. The van der Waals surface area contributed by atoms with Crippen molar-refractivity contribution in [2.75, 3.05) is 24.7 Å². The van der Waals surface area contributed by atoms with Gasteiger partial charge < -0.3 is 10.2 Å². The maximum Gasteiger partial charge on any atom is 0.321 e. The summed E-state index contributed by atoms with van der Waals surface area (Å²) < 4.78 is 37.8. The van der Waals surface area contributed by atoms with Gasteiger partial charge in [-0.25, -0.2) is 22.3 Å². The van der Waals surface area contributed by atoms with E-state index in [9.17, 15) is 17.6 Å². The number of hydrogen-bond acceptors (Lipinski definition) is 3. The molecule has 1 saturated heterocycles. The Labute approximate surface area is 123 Å². The Morgan fingerprint density at radius 2 is 2.00 bits per heavy atom. The lowest BCUT2D eigenvalue weighted by Crippen LogP contribution is -2.50. The lowest BCUT2D eigenvalue weighted by atomic mass is 10.1. The molecule has 1 aromatic rings. The van der Waals surface area contributed by atoms with Gasteiger partial charge in [0.1, 0.15) is 5.82 Å². The number of sulfonamides is 1. The molecule has 1 atom stereocenters. The van der Waals surface area contributed by atoms with Crippen LogP contribution in [-0.4, -0.2) is 44.7 Å². The molecule has 8 heteroatoms. The number of nitrogens with one attached hydrogen (secondary N) is 2. The van der Waals surface area contributed by atoms with Crippen molar-refractivity contribution < 1.29 is 17.6 Å². The largest absolute Gasteiger partial charge is 0.323 e. The van der Waals surface area contributed by atoms with E-state index in [1.807, 2.05) is 0 Å². The normalized spacial score (nSPS) is 19.3. The van der Waals surface area contributed by atoms with Crippen LogP contribution in [0.5, 0.6) is 0 Å². The number of benzene rings is 1. The second kappa shape index (κ2) is 6.40. The maximum absolute atomic E-state index is 12.8. The number of halogens is 1. The minimum atomic E-state index is -3.29. The van der Waals surface area contributed by atoms with Crippen LogP contribution in [0, 0.1) is 5.82 Å². The monoisotopic (exact) mass is 315 g/mol. The van der Waals surface area contributed by atoms with Crippen molar-refractivity contribution in [1.82, 2.24) is 9.62 Å². The van der Waals surface area contributed by atoms with Crippen LogP contribution >= 0.6 is 0 Å². The Kier molecular flexibility index (Phi) is 4.79. The summed E-state index contributed by atoms with van der Waals surface area (Å²) in [6, 6.07) is 4.89. The number of urea groups is 1. The summed E-state index contributed by atoms with van der Waals surface area (Å²) in [5, 5.41) is 2.67. The molecular formula is C13H18FN3O3S. The first-order valence-corrected chi connectivity index (χ1v) is 8.51. The summed E-state index contributed by atoms with van der Waals surface area (Å²) in [6.45, 7) is 0.884. The standard InChI is InChI=1S/C13H18FN3O3S/c1-21(19,20)16-12-3-2-8-17(9-12)13(18)15-11-6-4-10(14)5-7-11/h4-7,12,16H,2-3,8-9H2,1H3,(H,15,18). The van der Waals surface area contributed by atoms with E-state index in [0.717, 1.165) is 12.7 Å². The number of carbonyl (C=O) groups is 1. The zero-order valence-electron chi connectivity index (χ0n) is 11.7. The fourth-order valence-electron chi connectivity index (χ4n) is 2.30. The second-order valence-electron chi connectivity index (χ2n) is 5.11. The molecule has 116 valence electrons. The summed E-state index contributed by atoms with van der Waals surface area (Å²) in [5.74, 6) is -0.372. The molecule has 0 spiro atoms. The highest BCUT2D eigenvalue weighted by Gasteiger charge is 2.25. The quantitative estimate of drug-likeness (QED) is 0.884. The van der Waals surface area contributed by atoms with E-state index in [1.165, 1.54) is 24.3 Å². The molecule has 0 radical (unpaired) electrons. The summed E-state index contributed by atoms with van der Waals surface area (Å²) >= 11 is 0. The molecule has 1 unspecified atom stereocenters. The first-order chi connectivity index (χ1) is 9.83. The lowest BCUT2D eigenvalue weighted by Gasteiger charge is -2.32. The van der Waals surface area contributed by atoms with Crippen molar-refractivity contribution in [3.63, 3.8) is 0 Å². The minimum Gasteiger partial charge on any atom is -0.323 e. The average molecular weight is 315 g/mol. The van der Waals surface area contributed by atoms with Gasteiger partial charge in [-0.3, -0.25) is 0 Å². The van der Waals surface area contributed by atoms with Crippen LogP contribution in [0.1, 0.15) is 12.8 Å². The summed E-state index contributed by atoms with van der Waals surface area (Å²) in [4.78, 5) is 13.7. The number of nitrogens with zero attached hydrogens (tertiary/aromatic N) is 1. The number of likely N-dealkylation sites (tertiary alicyclic amines) is 1. The molecule has 1 aliphatic heterocycles. The highest BCUT2D eigenvalue weighted by molar-refractivity contribution is 7.88. The van der Waals surface area contributed by atoms with Gasteiger partial charge >= 0.3 is 6.03 Å². The van der Waals surface area contributed by atoms with E-state index in [1.54, 1.807) is 4.90 Å². The van der Waals surface area contributed by atoms with E-state index < -0.39 is 10.0 Å². The zero-order chi connectivity index (χ0) is 15.5. The van der Waals surface area contributed by atoms with Crippen LogP contribution in [0.2, 0.25) is 0 Å². The Morgan fingerprint density at radius 3 is 2.62 bits per heavy atom. The Balaban J connectivity index is 1.94. The molecule has 0 bridgehead atoms. The van der Waals surface area contributed by atoms with E-state index in [0.29, 0.717) is 25.2 Å². The molecule has 0 aliphatic carbocycles. The fraction of sp³-hybridized carbons (Fsp3) is 0.462. The molecule has 2 N–H and O–H groups in total. The molecule has 1 aliphatic rings. The summed E-state index contributed by atoms with van der Waals surface area (Å²) in [5.41, 5.74) is 0.500. The summed E-state index contributed by atoms with van der Waals surface area (Å²) in [7, 11) is -3.29. The third-order valence-electron chi connectivity index (χ3n) is 3.18. The van der Waals surface area contributed by atoms with Gasteiger partial charge in [0.25, 0.3) is 0 Å². The maximum atomic E-state index is 12.8. The highest BCUT2D eigenvalue weighted by Crippen LogP contribution is 2.14. The fourth-order valence-corrected chi connectivity index (χ4v) is 3.09. The lowest BCUT2D eigenvalue weighted by molar-refractivity contribution is 0.190. The molecule has 1 aromatic carbocycles. The smallest absolute Gasteiger partial charge is 0.321 e. The minimum absolute atomic E-state index is 0.271. The van der Waals surface area contributed by atoms with Crippen LogP contribution in [0.25, 0.3) is 0 Å². The second-order valence-corrected chi connectivity index (χ2v) is 6.89. The average Bonchev–Trinajstić information content (AvgIpc) is 2.40. The van der Waals surface area contributed by atoms with Gasteiger partial charge in [0.15, 0.2) is 0 Å². The van der Waals surface area contributed by atoms with E-state index in [4.69, 9.17) is 0 Å². The van der Waals surface area contributed by atoms with Crippen molar-refractivity contribution >= 4 is 21.7 Å². The topological polar surface area (TPSA) is 78.5 Å². The number of carbonyl (C=O) groups excluding carboxylic acids is 1. The van der Waals surface area contributed by atoms with Crippen LogP contribution < -0.4 is 10.0 Å². The highest BCUT2D eigenvalue weighted by atomic mass is 32.2. The Hall–Kier alpha value is -1.67. The molecule has 6 nitrogen and oxygen atoms in total. The van der Waals surface area contributed by atoms with Gasteiger partial charge in [0.2, 0.25) is 10.0 Å². The van der Waals surface area contributed by atoms with E-state index in [2.05, 4.69) is 10.0 Å². The Bertz CT molecular complexity index is 604. The molecular weight excluding hydrogens is 297 g/mol. The Morgan fingerprint density at radius 1 is 1.33 bits per heavy atom. The molecule has 2 amide bonds. The number of anilines is 1. The molecule has 0 saturated carbocycles. The van der Waals surface area contributed by atoms with Crippen LogP contribution in [0.4, 0.5) is 14.9 Å². The first kappa shape index (κ1) is 15.7. The van der Waals surface area contributed by atoms with E-state index >= 15 is 0 Å². The zero-order valence-corrected chi connectivity index (χ0v) is 12.5. The van der Waals surface area contributed by atoms with E-state index in [-0.39, 0.29) is 17.9 Å². The van der Waals surface area contributed by atoms with Crippen molar-refractivity contribution in [2.24, 2.45) is 0 Å². The number of hydrogen-bond donors (Lipinski definition) is 2. The van der Waals surface area contributed by atoms with Gasteiger partial charge in [-0.2, -0.15) is 0 Å². The number of rotatable bonds is 3. The predicted octanol–water partition coefficient (Wildman–Crippen LogP) is 1.37. The van der Waals surface area contributed by atoms with Gasteiger partial charge in [-0.1, -0.05) is 0 Å². The van der Waals surface area contributed by atoms with Crippen molar-refractivity contribution in [3.05, 3.63) is 30.1 Å². The van der Waals surface area contributed by atoms with Gasteiger partial charge in [-0.05, 0) is 37.1 Å². The van der Waals surface area contributed by atoms with Crippen LogP contribution in [0.3, 0.4) is 0 Å². The predicted molar refractivity (Wildman–Crippen MR) is 78.0 cm³/mol. The van der Waals surface area contributed by atoms with Gasteiger partial charge in [0, 0.05) is 24.8 Å². The SMILES string of the molecule is CS(=O)(=O)NC1CCCN(C(=O)Nc2ccc(F)cc2)C1.